The molecule has 214 valence electrons. The zero-order valence-corrected chi connectivity index (χ0v) is 23.8. The molecule has 2 aliphatic rings. The molecule has 5 atom stereocenters. The van der Waals surface area contributed by atoms with E-state index in [1.165, 1.54) is 5.01 Å². The molecule has 40 heavy (non-hydrogen) atoms. The molecule has 5 bridgehead atoms. The van der Waals surface area contributed by atoms with Crippen molar-refractivity contribution in [2.75, 3.05) is 6.54 Å². The highest BCUT2D eigenvalue weighted by Gasteiger charge is 2.34. The van der Waals surface area contributed by atoms with Gasteiger partial charge in [0.2, 0.25) is 11.8 Å². The number of esters is 1. The van der Waals surface area contributed by atoms with Gasteiger partial charge in [0.1, 0.15) is 24.2 Å². The average Bonchev–Trinajstić information content (AvgIpc) is 2.94. The molecule has 0 radical (unpaired) electrons. The number of ether oxygens (including phenoxy) is 1. The highest BCUT2D eigenvalue weighted by molar-refractivity contribution is 5.93. The topological polar surface area (TPSA) is 130 Å². The molecule has 1 fully saturated rings. The maximum atomic E-state index is 13.2. The van der Waals surface area contributed by atoms with Gasteiger partial charge < -0.3 is 15.4 Å². The normalized spacial score (nSPS) is 26.9. The van der Waals surface area contributed by atoms with Crippen LogP contribution in [0.15, 0.2) is 36.5 Å². The van der Waals surface area contributed by atoms with E-state index in [0.29, 0.717) is 31.5 Å². The van der Waals surface area contributed by atoms with Gasteiger partial charge in [-0.25, -0.2) is 5.43 Å². The Balaban J connectivity index is 1.69. The summed E-state index contributed by atoms with van der Waals surface area (Å²) < 4.78 is 5.80. The van der Waals surface area contributed by atoms with Gasteiger partial charge in [-0.3, -0.25) is 29.2 Å². The number of nitrogens with zero attached hydrogens (tertiary/aromatic N) is 2. The summed E-state index contributed by atoms with van der Waals surface area (Å²) in [6.45, 7) is 9.39. The minimum atomic E-state index is -0.869. The lowest BCUT2D eigenvalue weighted by Gasteiger charge is -2.35. The number of benzene rings is 1. The number of pyridine rings is 1. The van der Waals surface area contributed by atoms with Crippen molar-refractivity contribution >= 4 is 40.5 Å². The van der Waals surface area contributed by atoms with Gasteiger partial charge in [0, 0.05) is 18.1 Å². The average molecular weight is 550 g/mol. The van der Waals surface area contributed by atoms with Gasteiger partial charge in [0.15, 0.2) is 0 Å². The zero-order valence-electron chi connectivity index (χ0n) is 23.8. The molecule has 3 heterocycles. The van der Waals surface area contributed by atoms with Crippen molar-refractivity contribution < 1.29 is 23.9 Å². The zero-order chi connectivity index (χ0) is 29.0. The molecule has 2 aliphatic heterocycles. The van der Waals surface area contributed by atoms with Crippen LogP contribution in [0.2, 0.25) is 0 Å². The second-order valence-corrected chi connectivity index (χ2v) is 10.9. The molecule has 4 rings (SSSR count). The molecule has 3 amide bonds. The van der Waals surface area contributed by atoms with E-state index >= 15 is 0 Å². The molecule has 10 heteroatoms. The van der Waals surface area contributed by atoms with Crippen molar-refractivity contribution in [2.45, 2.75) is 78.1 Å². The van der Waals surface area contributed by atoms with Crippen LogP contribution in [-0.4, -0.2) is 58.4 Å². The van der Waals surface area contributed by atoms with Crippen LogP contribution in [0.3, 0.4) is 0 Å². The number of carbonyl (C=O) groups excluding carboxylic acids is 4. The Morgan fingerprint density at radius 2 is 1.82 bits per heavy atom. The fourth-order valence-electron chi connectivity index (χ4n) is 4.98. The summed E-state index contributed by atoms with van der Waals surface area (Å²) >= 11 is 0. The van der Waals surface area contributed by atoms with Crippen LogP contribution >= 0.6 is 0 Å². The molecule has 5 unspecified atom stereocenters. The second kappa shape index (κ2) is 12.6. The van der Waals surface area contributed by atoms with E-state index < -0.39 is 42.0 Å². The van der Waals surface area contributed by atoms with Crippen LogP contribution in [-0.2, 0) is 23.9 Å². The van der Waals surface area contributed by atoms with E-state index in [9.17, 15) is 19.2 Å². The van der Waals surface area contributed by atoms with E-state index in [0.717, 1.165) is 16.3 Å². The standard InChI is InChI=1S/C30H39N5O5/c1-6-20-11-12-24-15-23-14-21(9-10-22(23)16-31-24)19(5)40-30(39)25-8-7-13-35(34-25)29(38)18(4)32-28(37)26(17(2)3)33-27(20)36/h9-12,14-20,25-26,34H,6-8,13H2,1-5H3,(H,32,37)(H,33,36). The van der Waals surface area contributed by atoms with Crippen LogP contribution in [0.25, 0.3) is 16.8 Å². The smallest absolute Gasteiger partial charge is 0.325 e. The second-order valence-electron chi connectivity index (χ2n) is 10.9. The molecule has 0 saturated carbocycles. The van der Waals surface area contributed by atoms with Gasteiger partial charge in [-0.2, -0.15) is 0 Å². The van der Waals surface area contributed by atoms with Gasteiger partial charge in [-0.05, 0) is 68.2 Å². The van der Waals surface area contributed by atoms with Gasteiger partial charge in [-0.15, -0.1) is 0 Å². The third-order valence-corrected chi connectivity index (χ3v) is 7.52. The highest BCUT2D eigenvalue weighted by atomic mass is 16.5. The molecule has 1 aromatic carbocycles. The lowest BCUT2D eigenvalue weighted by molar-refractivity contribution is -0.157. The quantitative estimate of drug-likeness (QED) is 0.491. The minimum Gasteiger partial charge on any atom is -0.457 e. The van der Waals surface area contributed by atoms with Crippen LogP contribution in [0, 0.1) is 11.8 Å². The third kappa shape index (κ3) is 6.67. The van der Waals surface area contributed by atoms with Crippen molar-refractivity contribution in [1.82, 2.24) is 26.1 Å². The van der Waals surface area contributed by atoms with E-state index in [4.69, 9.17) is 4.74 Å². The molecule has 0 spiro atoms. The van der Waals surface area contributed by atoms with E-state index in [2.05, 4.69) is 21.0 Å². The Hall–Kier alpha value is -3.79. The lowest BCUT2D eigenvalue weighted by Crippen LogP contribution is -2.61. The third-order valence-electron chi connectivity index (χ3n) is 7.52. The summed E-state index contributed by atoms with van der Waals surface area (Å²) in [6, 6.07) is 5.35. The van der Waals surface area contributed by atoms with E-state index in [1.54, 1.807) is 25.3 Å². The summed E-state index contributed by atoms with van der Waals surface area (Å²) in [5.41, 5.74) is 4.50. The van der Waals surface area contributed by atoms with Crippen LogP contribution in [0.4, 0.5) is 0 Å². The molecular weight excluding hydrogens is 510 g/mol. The number of nitrogens with one attached hydrogen (secondary N) is 3. The van der Waals surface area contributed by atoms with Crippen molar-refractivity contribution in [3.63, 3.8) is 0 Å². The van der Waals surface area contributed by atoms with Crippen LogP contribution in [0.5, 0.6) is 0 Å². The van der Waals surface area contributed by atoms with Gasteiger partial charge in [0.05, 0.1) is 11.6 Å². The predicted molar refractivity (Wildman–Crippen MR) is 151 cm³/mol. The Bertz CT molecular complexity index is 1310. The first-order chi connectivity index (χ1) is 19.1. The summed E-state index contributed by atoms with van der Waals surface area (Å²) in [6.07, 6.45) is 6.52. The maximum Gasteiger partial charge on any atom is 0.325 e. The number of fused-ring (bicyclic) bond motifs is 4. The summed E-state index contributed by atoms with van der Waals surface area (Å²) in [4.78, 5) is 57.1. The number of amides is 3. The SMILES string of the molecule is CCC1C=Cc2cc3cc(ccc3cn2)C(C)OC(=O)C2CCCN(N2)C(=O)C(C)NC(=O)C(C(C)C)NC1=O. The molecule has 3 N–H and O–H groups in total. The Morgan fingerprint density at radius 1 is 1.05 bits per heavy atom. The van der Waals surface area contributed by atoms with Crippen molar-refractivity contribution in [2.24, 2.45) is 11.8 Å². The first-order valence-corrected chi connectivity index (χ1v) is 14.0. The van der Waals surface area contributed by atoms with Gasteiger partial charge in [0.25, 0.3) is 5.91 Å². The van der Waals surface area contributed by atoms with E-state index in [-0.39, 0.29) is 17.7 Å². The molecule has 0 aliphatic carbocycles. The Labute approximate surface area is 234 Å². The molecule has 10 nitrogen and oxygen atoms in total. The molecule has 2 aromatic rings. The maximum absolute atomic E-state index is 13.2. The number of hydrazine groups is 1. The molecular formula is C30H39N5O5. The highest BCUT2D eigenvalue weighted by Crippen LogP contribution is 2.25. The summed E-state index contributed by atoms with van der Waals surface area (Å²) in [7, 11) is 0. The first kappa shape index (κ1) is 29.2. The number of carbonyl (C=O) groups is 4. The number of cyclic esters (lactones) is 1. The number of rotatable bonds is 2. The van der Waals surface area contributed by atoms with Crippen LogP contribution < -0.4 is 16.1 Å². The monoisotopic (exact) mass is 549 g/mol. The van der Waals surface area contributed by atoms with Crippen molar-refractivity contribution in [3.8, 4) is 0 Å². The summed E-state index contributed by atoms with van der Waals surface area (Å²) in [5, 5.41) is 8.86. The number of hydrogen-bond acceptors (Lipinski definition) is 7. The van der Waals surface area contributed by atoms with Crippen molar-refractivity contribution in [3.05, 3.63) is 47.8 Å². The largest absolute Gasteiger partial charge is 0.457 e. The predicted octanol–water partition coefficient (Wildman–Crippen LogP) is 3.03. The number of hydrogen-bond donors (Lipinski definition) is 3. The minimum absolute atomic E-state index is 0.208. The van der Waals surface area contributed by atoms with Crippen molar-refractivity contribution in [1.29, 1.82) is 0 Å². The molecule has 1 saturated heterocycles. The van der Waals surface area contributed by atoms with Gasteiger partial charge >= 0.3 is 5.97 Å². The number of aromatic nitrogens is 1. The fourth-order valence-corrected chi connectivity index (χ4v) is 4.98. The lowest BCUT2D eigenvalue weighted by atomic mass is 9.99. The molecule has 1 aromatic heterocycles. The first-order valence-electron chi connectivity index (χ1n) is 14.0. The Morgan fingerprint density at radius 3 is 2.55 bits per heavy atom. The van der Waals surface area contributed by atoms with Crippen LogP contribution in [0.1, 0.15) is 71.2 Å². The Kier molecular flexibility index (Phi) is 9.19. The van der Waals surface area contributed by atoms with E-state index in [1.807, 2.05) is 52.0 Å². The fraction of sp³-hybridized carbons (Fsp3) is 0.500. The summed E-state index contributed by atoms with van der Waals surface area (Å²) in [5.74, 6) is -2.21. The van der Waals surface area contributed by atoms with Gasteiger partial charge in [-0.1, -0.05) is 39.0 Å².